The van der Waals surface area contributed by atoms with Crippen LogP contribution in [0.5, 0.6) is 0 Å². The zero-order valence-corrected chi connectivity index (χ0v) is 16.9. The second-order valence-corrected chi connectivity index (χ2v) is 7.77. The summed E-state index contributed by atoms with van der Waals surface area (Å²) in [4.78, 5) is 34.4. The summed E-state index contributed by atoms with van der Waals surface area (Å²) in [6.45, 7) is 3.84. The van der Waals surface area contributed by atoms with Gasteiger partial charge < -0.3 is 14.9 Å². The SMILES string of the molecule is CCc1cc(=O)[nH]c(-c2ccc(N3CCCC(c4nc5ccccc5[nH]4)C3)nc2)n1. The van der Waals surface area contributed by atoms with Gasteiger partial charge in [0.15, 0.2) is 0 Å². The van der Waals surface area contributed by atoms with Crippen molar-refractivity contribution in [2.45, 2.75) is 32.1 Å². The molecule has 4 aromatic rings. The highest BCUT2D eigenvalue weighted by molar-refractivity contribution is 5.74. The van der Waals surface area contributed by atoms with Crippen LogP contribution in [0.1, 0.15) is 37.2 Å². The fourth-order valence-corrected chi connectivity index (χ4v) is 4.11. The van der Waals surface area contributed by atoms with Crippen LogP contribution in [0.25, 0.3) is 22.4 Å². The van der Waals surface area contributed by atoms with Gasteiger partial charge in [-0.2, -0.15) is 0 Å². The summed E-state index contributed by atoms with van der Waals surface area (Å²) in [6.07, 6.45) is 4.72. The van der Waals surface area contributed by atoms with E-state index in [1.807, 2.05) is 37.3 Å². The van der Waals surface area contributed by atoms with E-state index in [-0.39, 0.29) is 5.56 Å². The number of pyridine rings is 1. The average molecular weight is 400 g/mol. The minimum Gasteiger partial charge on any atom is -0.356 e. The van der Waals surface area contributed by atoms with Crippen molar-refractivity contribution < 1.29 is 0 Å². The highest BCUT2D eigenvalue weighted by Crippen LogP contribution is 2.29. The van der Waals surface area contributed by atoms with Crippen molar-refractivity contribution in [3.63, 3.8) is 0 Å². The zero-order chi connectivity index (χ0) is 20.5. The van der Waals surface area contributed by atoms with Crippen LogP contribution in [-0.4, -0.2) is 38.0 Å². The number of imidazole rings is 1. The first-order valence-electron chi connectivity index (χ1n) is 10.5. The number of nitrogens with one attached hydrogen (secondary N) is 2. The van der Waals surface area contributed by atoms with Crippen LogP contribution in [0.2, 0.25) is 0 Å². The number of aromatic amines is 2. The number of benzene rings is 1. The Bertz CT molecular complexity index is 1190. The van der Waals surface area contributed by atoms with E-state index in [4.69, 9.17) is 4.98 Å². The summed E-state index contributed by atoms with van der Waals surface area (Å²) in [5.74, 6) is 2.91. The van der Waals surface area contributed by atoms with E-state index in [1.165, 1.54) is 6.07 Å². The van der Waals surface area contributed by atoms with Crippen molar-refractivity contribution in [3.8, 4) is 11.4 Å². The van der Waals surface area contributed by atoms with Gasteiger partial charge in [-0.05, 0) is 43.5 Å². The fourth-order valence-electron chi connectivity index (χ4n) is 4.11. The number of aryl methyl sites for hydroxylation is 1. The Morgan fingerprint density at radius 3 is 2.83 bits per heavy atom. The van der Waals surface area contributed by atoms with Crippen LogP contribution >= 0.6 is 0 Å². The molecule has 7 nitrogen and oxygen atoms in total. The van der Waals surface area contributed by atoms with E-state index in [0.717, 1.165) is 66.3 Å². The van der Waals surface area contributed by atoms with E-state index in [1.54, 1.807) is 6.20 Å². The van der Waals surface area contributed by atoms with Gasteiger partial charge in [0.25, 0.3) is 5.56 Å². The molecule has 1 aromatic carbocycles. The maximum atomic E-state index is 11.9. The van der Waals surface area contributed by atoms with Gasteiger partial charge in [0.05, 0.1) is 11.0 Å². The molecule has 1 fully saturated rings. The van der Waals surface area contributed by atoms with Crippen LogP contribution in [0, 0.1) is 0 Å². The summed E-state index contributed by atoms with van der Waals surface area (Å²) in [5, 5.41) is 0. The Labute approximate surface area is 174 Å². The highest BCUT2D eigenvalue weighted by Gasteiger charge is 2.24. The third-order valence-electron chi connectivity index (χ3n) is 5.72. The molecule has 0 amide bonds. The van der Waals surface area contributed by atoms with Crippen molar-refractivity contribution in [3.05, 3.63) is 70.5 Å². The van der Waals surface area contributed by atoms with Gasteiger partial charge in [-0.1, -0.05) is 19.1 Å². The molecule has 152 valence electrons. The molecule has 0 aliphatic carbocycles. The first kappa shape index (κ1) is 18.5. The molecule has 5 rings (SSSR count). The molecule has 1 saturated heterocycles. The van der Waals surface area contributed by atoms with Crippen LogP contribution in [0.15, 0.2) is 53.5 Å². The minimum atomic E-state index is -0.134. The van der Waals surface area contributed by atoms with E-state index in [9.17, 15) is 4.79 Å². The molecule has 0 bridgehead atoms. The number of anilines is 1. The van der Waals surface area contributed by atoms with E-state index >= 15 is 0 Å². The molecule has 0 spiro atoms. The lowest BCUT2D eigenvalue weighted by Crippen LogP contribution is -2.35. The number of hydrogen-bond acceptors (Lipinski definition) is 5. The number of para-hydroxylation sites is 2. The minimum absolute atomic E-state index is 0.134. The van der Waals surface area contributed by atoms with Gasteiger partial charge >= 0.3 is 0 Å². The van der Waals surface area contributed by atoms with Gasteiger partial charge in [-0.15, -0.1) is 0 Å². The Balaban J connectivity index is 1.36. The summed E-state index contributed by atoms with van der Waals surface area (Å²) in [6, 6.07) is 13.7. The number of H-pyrrole nitrogens is 2. The molecule has 30 heavy (non-hydrogen) atoms. The van der Waals surface area contributed by atoms with Crippen LogP contribution in [-0.2, 0) is 6.42 Å². The first-order chi connectivity index (χ1) is 14.7. The largest absolute Gasteiger partial charge is 0.356 e. The van der Waals surface area contributed by atoms with Crippen molar-refractivity contribution >= 4 is 16.9 Å². The predicted octanol–water partition coefficient (Wildman–Crippen LogP) is 3.65. The summed E-state index contributed by atoms with van der Waals surface area (Å²) < 4.78 is 0. The van der Waals surface area contributed by atoms with Gasteiger partial charge in [0.1, 0.15) is 17.5 Å². The average Bonchev–Trinajstić information content (AvgIpc) is 3.23. The quantitative estimate of drug-likeness (QED) is 0.546. The lowest BCUT2D eigenvalue weighted by Gasteiger charge is -2.32. The molecule has 1 atom stereocenters. The van der Waals surface area contributed by atoms with Crippen molar-refractivity contribution in [1.82, 2.24) is 24.9 Å². The fraction of sp³-hybridized carbons (Fsp3) is 0.304. The van der Waals surface area contributed by atoms with Crippen LogP contribution in [0.4, 0.5) is 5.82 Å². The Kier molecular flexibility index (Phi) is 4.78. The van der Waals surface area contributed by atoms with Crippen molar-refractivity contribution in [2.75, 3.05) is 18.0 Å². The highest BCUT2D eigenvalue weighted by atomic mass is 16.1. The molecule has 1 aliphatic rings. The Morgan fingerprint density at radius 1 is 1.13 bits per heavy atom. The number of hydrogen-bond donors (Lipinski definition) is 2. The molecular formula is C23H24N6O. The lowest BCUT2D eigenvalue weighted by molar-refractivity contribution is 0.492. The number of rotatable bonds is 4. The monoisotopic (exact) mass is 400 g/mol. The van der Waals surface area contributed by atoms with Crippen molar-refractivity contribution in [2.24, 2.45) is 0 Å². The molecule has 0 radical (unpaired) electrons. The zero-order valence-electron chi connectivity index (χ0n) is 16.9. The molecule has 4 heterocycles. The molecule has 1 unspecified atom stereocenters. The third kappa shape index (κ3) is 3.58. The molecule has 1 aliphatic heterocycles. The molecule has 3 aromatic heterocycles. The van der Waals surface area contributed by atoms with E-state index < -0.39 is 0 Å². The molecule has 2 N–H and O–H groups in total. The molecule has 0 saturated carbocycles. The third-order valence-corrected chi connectivity index (χ3v) is 5.72. The van der Waals surface area contributed by atoms with Gasteiger partial charge in [-0.3, -0.25) is 4.79 Å². The lowest BCUT2D eigenvalue weighted by atomic mass is 9.97. The normalized spacial score (nSPS) is 16.8. The van der Waals surface area contributed by atoms with Gasteiger partial charge in [0.2, 0.25) is 0 Å². The maximum absolute atomic E-state index is 11.9. The standard InChI is InChI=1S/C23H24N6O/c1-2-17-12-21(30)28-22(25-17)15-9-10-20(24-13-15)29-11-5-6-16(14-29)23-26-18-7-3-4-8-19(18)27-23/h3-4,7-10,12-13,16H,2,5-6,11,14H2,1H3,(H,26,27)(H,25,28,30). The number of nitrogens with zero attached hydrogens (tertiary/aromatic N) is 4. The molecular weight excluding hydrogens is 376 g/mol. The Morgan fingerprint density at radius 2 is 2.03 bits per heavy atom. The van der Waals surface area contributed by atoms with Gasteiger partial charge in [0, 0.05) is 42.5 Å². The van der Waals surface area contributed by atoms with E-state index in [2.05, 4.69) is 30.9 Å². The topological polar surface area (TPSA) is 90.6 Å². The number of piperidine rings is 1. The predicted molar refractivity (Wildman–Crippen MR) is 118 cm³/mol. The summed E-state index contributed by atoms with van der Waals surface area (Å²) in [5.41, 5.74) is 3.57. The van der Waals surface area contributed by atoms with Crippen LogP contribution in [0.3, 0.4) is 0 Å². The maximum Gasteiger partial charge on any atom is 0.251 e. The van der Waals surface area contributed by atoms with Crippen molar-refractivity contribution in [1.29, 1.82) is 0 Å². The van der Waals surface area contributed by atoms with Crippen LogP contribution < -0.4 is 10.5 Å². The summed E-state index contributed by atoms with van der Waals surface area (Å²) >= 11 is 0. The van der Waals surface area contributed by atoms with E-state index in [0.29, 0.717) is 11.7 Å². The summed E-state index contributed by atoms with van der Waals surface area (Å²) in [7, 11) is 0. The van der Waals surface area contributed by atoms with Gasteiger partial charge in [-0.25, -0.2) is 15.0 Å². The number of fused-ring (bicyclic) bond motifs is 1. The second kappa shape index (κ2) is 7.74. The Hall–Kier alpha value is -3.48. The second-order valence-electron chi connectivity index (χ2n) is 7.77. The first-order valence-corrected chi connectivity index (χ1v) is 10.5. The number of aromatic nitrogens is 5. The molecule has 7 heteroatoms. The smallest absolute Gasteiger partial charge is 0.251 e.